The number of hydrogen-bond donors (Lipinski definition) is 2. The molecule has 0 bridgehead atoms. The van der Waals surface area contributed by atoms with Gasteiger partial charge in [-0.3, -0.25) is 4.79 Å². The molecule has 124 valence electrons. The van der Waals surface area contributed by atoms with Crippen molar-refractivity contribution in [1.82, 2.24) is 10.2 Å². The van der Waals surface area contributed by atoms with Gasteiger partial charge >= 0.3 is 0 Å². The van der Waals surface area contributed by atoms with E-state index in [4.69, 9.17) is 5.73 Å². The number of nitrogens with one attached hydrogen (secondary N) is 1. The summed E-state index contributed by atoms with van der Waals surface area (Å²) >= 11 is 0. The topological polar surface area (TPSA) is 58.4 Å². The summed E-state index contributed by atoms with van der Waals surface area (Å²) in [7, 11) is 0. The molecule has 1 atom stereocenters. The molecule has 3 N–H and O–H groups in total. The van der Waals surface area contributed by atoms with Gasteiger partial charge in [-0.25, -0.2) is 0 Å². The molecule has 0 spiro atoms. The van der Waals surface area contributed by atoms with Gasteiger partial charge in [-0.2, -0.15) is 0 Å². The number of unbranched alkanes of at least 4 members (excludes halogenated alkanes) is 1. The third-order valence-electron chi connectivity index (χ3n) is 4.35. The molecular formula is C17H35N3O. The first-order valence-electron chi connectivity index (χ1n) is 8.56. The van der Waals surface area contributed by atoms with Crippen LogP contribution in [-0.4, -0.2) is 41.5 Å². The van der Waals surface area contributed by atoms with Crippen molar-refractivity contribution in [3.63, 3.8) is 0 Å². The summed E-state index contributed by atoms with van der Waals surface area (Å²) in [6, 6.07) is 1.09. The third kappa shape index (κ3) is 6.79. The van der Waals surface area contributed by atoms with Crippen molar-refractivity contribution in [2.75, 3.05) is 13.1 Å². The Morgan fingerprint density at radius 1 is 1.29 bits per heavy atom. The molecule has 1 amide bonds. The van der Waals surface area contributed by atoms with Crippen molar-refractivity contribution in [1.29, 1.82) is 0 Å². The van der Waals surface area contributed by atoms with Crippen LogP contribution >= 0.6 is 0 Å². The lowest BCUT2D eigenvalue weighted by Crippen LogP contribution is -2.54. The maximum Gasteiger partial charge on any atom is 0.237 e. The molecule has 4 nitrogen and oxygen atoms in total. The molecule has 0 aromatic heterocycles. The summed E-state index contributed by atoms with van der Waals surface area (Å²) in [5.41, 5.74) is 5.07. The Morgan fingerprint density at radius 3 is 2.33 bits per heavy atom. The summed E-state index contributed by atoms with van der Waals surface area (Å²) in [6.07, 6.45) is 5.36. The molecule has 1 aliphatic rings. The lowest BCUT2D eigenvalue weighted by molar-refractivity contribution is -0.124. The molecular weight excluding hydrogens is 262 g/mol. The minimum absolute atomic E-state index is 0.211. The van der Waals surface area contributed by atoms with E-state index < -0.39 is 5.54 Å². The number of primary amides is 1. The van der Waals surface area contributed by atoms with Crippen molar-refractivity contribution in [2.45, 2.75) is 84.3 Å². The van der Waals surface area contributed by atoms with Crippen LogP contribution in [0.2, 0.25) is 0 Å². The fourth-order valence-corrected chi connectivity index (χ4v) is 2.77. The van der Waals surface area contributed by atoms with E-state index in [1.165, 1.54) is 12.8 Å². The van der Waals surface area contributed by atoms with Crippen LogP contribution in [0.15, 0.2) is 0 Å². The second kappa shape index (κ2) is 8.14. The van der Waals surface area contributed by atoms with Gasteiger partial charge in [-0.15, -0.1) is 0 Å². The highest BCUT2D eigenvalue weighted by Crippen LogP contribution is 2.25. The number of nitrogens with zero attached hydrogens (tertiary/aromatic N) is 1. The Bertz CT molecular complexity index is 326. The Hall–Kier alpha value is -0.610. The largest absolute Gasteiger partial charge is 0.368 e. The fourth-order valence-electron chi connectivity index (χ4n) is 2.77. The maximum absolute atomic E-state index is 11.7. The molecule has 0 aliphatic heterocycles. The Labute approximate surface area is 130 Å². The van der Waals surface area contributed by atoms with E-state index in [1.807, 2.05) is 6.92 Å². The highest BCUT2D eigenvalue weighted by molar-refractivity contribution is 5.84. The van der Waals surface area contributed by atoms with Gasteiger partial charge in [-0.05, 0) is 65.3 Å². The van der Waals surface area contributed by atoms with Crippen LogP contribution in [-0.2, 0) is 4.79 Å². The normalized spacial score (nSPS) is 18.5. The molecule has 0 aromatic rings. The monoisotopic (exact) mass is 297 g/mol. The number of carbonyl (C=O) groups is 1. The quantitative estimate of drug-likeness (QED) is 0.576. The summed E-state index contributed by atoms with van der Waals surface area (Å²) in [6.45, 7) is 13.2. The first kappa shape index (κ1) is 18.4. The lowest BCUT2D eigenvalue weighted by atomic mass is 9.93. The maximum atomic E-state index is 11.7. The minimum atomic E-state index is -0.526. The molecule has 1 unspecified atom stereocenters. The molecule has 1 rings (SSSR count). The van der Waals surface area contributed by atoms with E-state index in [9.17, 15) is 4.79 Å². The molecule has 1 saturated carbocycles. The van der Waals surface area contributed by atoms with E-state index in [0.29, 0.717) is 18.0 Å². The molecule has 0 aromatic carbocycles. The number of carbonyl (C=O) groups excluding carboxylic acids is 1. The van der Waals surface area contributed by atoms with E-state index in [2.05, 4.69) is 37.9 Å². The van der Waals surface area contributed by atoms with Gasteiger partial charge in [0.05, 0.1) is 5.54 Å². The van der Waals surface area contributed by atoms with Gasteiger partial charge < -0.3 is 16.0 Å². The van der Waals surface area contributed by atoms with Crippen LogP contribution in [0.4, 0.5) is 0 Å². The van der Waals surface area contributed by atoms with Crippen molar-refractivity contribution >= 4 is 5.91 Å². The van der Waals surface area contributed by atoms with Crippen molar-refractivity contribution in [3.05, 3.63) is 0 Å². The van der Waals surface area contributed by atoms with E-state index in [-0.39, 0.29) is 5.91 Å². The zero-order chi connectivity index (χ0) is 16.0. The zero-order valence-electron chi connectivity index (χ0n) is 14.6. The summed E-state index contributed by atoms with van der Waals surface area (Å²) < 4.78 is 0. The first-order valence-corrected chi connectivity index (χ1v) is 8.56. The molecule has 0 saturated heterocycles. The second-order valence-corrected chi connectivity index (χ2v) is 7.55. The number of nitrogens with two attached hydrogens (primary N) is 1. The van der Waals surface area contributed by atoms with Crippen LogP contribution in [0.3, 0.4) is 0 Å². The van der Waals surface area contributed by atoms with E-state index in [0.717, 1.165) is 32.4 Å². The second-order valence-electron chi connectivity index (χ2n) is 7.55. The van der Waals surface area contributed by atoms with Gasteiger partial charge in [-0.1, -0.05) is 13.8 Å². The average Bonchev–Trinajstić information content (AvgIpc) is 3.15. The van der Waals surface area contributed by atoms with Crippen LogP contribution in [0.5, 0.6) is 0 Å². The summed E-state index contributed by atoms with van der Waals surface area (Å²) in [4.78, 5) is 14.2. The van der Waals surface area contributed by atoms with Crippen LogP contribution in [0.1, 0.15) is 66.7 Å². The van der Waals surface area contributed by atoms with Crippen LogP contribution < -0.4 is 11.1 Å². The predicted molar refractivity (Wildman–Crippen MR) is 89.2 cm³/mol. The average molecular weight is 297 g/mol. The summed E-state index contributed by atoms with van der Waals surface area (Å²) in [5.74, 6) is 0.483. The molecule has 0 heterocycles. The Morgan fingerprint density at radius 2 is 1.90 bits per heavy atom. The van der Waals surface area contributed by atoms with Gasteiger partial charge in [0.1, 0.15) is 0 Å². The molecule has 1 fully saturated rings. The highest BCUT2D eigenvalue weighted by Gasteiger charge is 2.36. The zero-order valence-corrected chi connectivity index (χ0v) is 14.6. The number of amides is 1. The first-order chi connectivity index (χ1) is 9.74. The summed E-state index contributed by atoms with van der Waals surface area (Å²) in [5, 5.41) is 3.42. The fraction of sp³-hybridized carbons (Fsp3) is 0.941. The highest BCUT2D eigenvalue weighted by atomic mass is 16.1. The van der Waals surface area contributed by atoms with Gasteiger partial charge in [0.2, 0.25) is 5.91 Å². The van der Waals surface area contributed by atoms with E-state index >= 15 is 0 Å². The van der Waals surface area contributed by atoms with Gasteiger partial charge in [0.15, 0.2) is 0 Å². The number of hydrogen-bond acceptors (Lipinski definition) is 3. The Balaban J connectivity index is 2.33. The Kier molecular flexibility index (Phi) is 7.14. The van der Waals surface area contributed by atoms with Crippen molar-refractivity contribution < 1.29 is 4.79 Å². The molecule has 21 heavy (non-hydrogen) atoms. The van der Waals surface area contributed by atoms with E-state index in [1.54, 1.807) is 0 Å². The molecule has 1 aliphatic carbocycles. The van der Waals surface area contributed by atoms with Crippen molar-refractivity contribution in [2.24, 2.45) is 11.7 Å². The van der Waals surface area contributed by atoms with Crippen LogP contribution in [0.25, 0.3) is 0 Å². The minimum Gasteiger partial charge on any atom is -0.368 e. The third-order valence-corrected chi connectivity index (χ3v) is 4.35. The SMILES string of the molecule is CC(C)CN(CCCCC(C)(NC1CC1)C(N)=O)C(C)C. The van der Waals surface area contributed by atoms with Gasteiger partial charge in [0, 0.05) is 18.6 Å². The van der Waals surface area contributed by atoms with Crippen molar-refractivity contribution in [3.8, 4) is 0 Å². The van der Waals surface area contributed by atoms with Gasteiger partial charge in [0.25, 0.3) is 0 Å². The predicted octanol–water partition coefficient (Wildman–Crippen LogP) is 2.52. The smallest absolute Gasteiger partial charge is 0.237 e. The lowest BCUT2D eigenvalue weighted by Gasteiger charge is -2.30. The number of rotatable bonds is 11. The molecule has 4 heteroatoms. The van der Waals surface area contributed by atoms with Crippen LogP contribution in [0, 0.1) is 5.92 Å². The molecule has 0 radical (unpaired) electrons. The standard InChI is InChI=1S/C17H35N3O/c1-13(2)12-20(14(3)4)11-7-6-10-17(5,16(18)21)19-15-8-9-15/h13-15,19H,6-12H2,1-5H3,(H2,18,21).